The number of amides is 1. The van der Waals surface area contributed by atoms with Crippen LogP contribution < -0.4 is 5.32 Å². The number of anilines is 1. The van der Waals surface area contributed by atoms with Crippen molar-refractivity contribution in [1.82, 2.24) is 0 Å². The molecule has 1 N–H and O–H groups in total. The third-order valence-corrected chi connectivity index (χ3v) is 4.21. The standard InChI is InChI=1S/C16H20N2O/c1-3-12(2)13-5-7-14(8-6-13)18-15(19)16(11-17)9-4-10-16/h5-8,12H,3-4,9-10H2,1-2H3,(H,18,19). The molecule has 3 heteroatoms. The van der Waals surface area contributed by atoms with Crippen LogP contribution in [0.2, 0.25) is 0 Å². The molecule has 0 aromatic heterocycles. The van der Waals surface area contributed by atoms with Crippen molar-refractivity contribution in [2.24, 2.45) is 5.41 Å². The number of rotatable bonds is 4. The van der Waals surface area contributed by atoms with Crippen molar-refractivity contribution in [2.75, 3.05) is 5.32 Å². The van der Waals surface area contributed by atoms with Gasteiger partial charge in [-0.1, -0.05) is 26.0 Å². The predicted molar refractivity (Wildman–Crippen MR) is 75.7 cm³/mol. The van der Waals surface area contributed by atoms with E-state index in [4.69, 9.17) is 5.26 Å². The van der Waals surface area contributed by atoms with E-state index in [1.165, 1.54) is 5.56 Å². The van der Waals surface area contributed by atoms with Crippen molar-refractivity contribution in [2.45, 2.75) is 45.4 Å². The van der Waals surface area contributed by atoms with E-state index in [0.29, 0.717) is 18.8 Å². The third-order valence-electron chi connectivity index (χ3n) is 4.21. The summed E-state index contributed by atoms with van der Waals surface area (Å²) in [7, 11) is 0. The number of carbonyl (C=O) groups excluding carboxylic acids is 1. The zero-order valence-corrected chi connectivity index (χ0v) is 11.6. The number of benzene rings is 1. The average molecular weight is 256 g/mol. The molecule has 19 heavy (non-hydrogen) atoms. The third kappa shape index (κ3) is 2.63. The SMILES string of the molecule is CCC(C)c1ccc(NC(=O)C2(C#N)CCC2)cc1. The maximum Gasteiger partial charge on any atom is 0.244 e. The van der Waals surface area contributed by atoms with Crippen molar-refractivity contribution in [1.29, 1.82) is 5.26 Å². The fourth-order valence-corrected chi connectivity index (χ4v) is 2.30. The van der Waals surface area contributed by atoms with Gasteiger partial charge in [-0.2, -0.15) is 5.26 Å². The van der Waals surface area contributed by atoms with Crippen LogP contribution in [0.1, 0.15) is 51.0 Å². The van der Waals surface area contributed by atoms with Gasteiger partial charge in [0.05, 0.1) is 6.07 Å². The highest BCUT2D eigenvalue weighted by Gasteiger charge is 2.44. The second-order valence-electron chi connectivity index (χ2n) is 5.43. The van der Waals surface area contributed by atoms with E-state index >= 15 is 0 Å². The zero-order chi connectivity index (χ0) is 13.9. The maximum absolute atomic E-state index is 12.1. The molecule has 1 saturated carbocycles. The molecule has 3 nitrogen and oxygen atoms in total. The fraction of sp³-hybridized carbons (Fsp3) is 0.500. The van der Waals surface area contributed by atoms with Crippen molar-refractivity contribution in [3.05, 3.63) is 29.8 Å². The number of hydrogen-bond donors (Lipinski definition) is 1. The summed E-state index contributed by atoms with van der Waals surface area (Å²) < 4.78 is 0. The minimum Gasteiger partial charge on any atom is -0.325 e. The molecule has 0 saturated heterocycles. The molecule has 1 atom stereocenters. The van der Waals surface area contributed by atoms with Crippen LogP contribution in [-0.4, -0.2) is 5.91 Å². The summed E-state index contributed by atoms with van der Waals surface area (Å²) in [5.41, 5.74) is 1.27. The summed E-state index contributed by atoms with van der Waals surface area (Å²) in [4.78, 5) is 12.1. The first-order valence-corrected chi connectivity index (χ1v) is 6.94. The monoisotopic (exact) mass is 256 g/mol. The topological polar surface area (TPSA) is 52.9 Å². The summed E-state index contributed by atoms with van der Waals surface area (Å²) in [5.74, 6) is 0.374. The Morgan fingerprint density at radius 3 is 2.47 bits per heavy atom. The van der Waals surface area contributed by atoms with Gasteiger partial charge in [-0.05, 0) is 49.3 Å². The van der Waals surface area contributed by atoms with E-state index in [1.54, 1.807) is 0 Å². The molecule has 0 spiro atoms. The van der Waals surface area contributed by atoms with Gasteiger partial charge >= 0.3 is 0 Å². The summed E-state index contributed by atoms with van der Waals surface area (Å²) in [5, 5.41) is 12.0. The van der Waals surface area contributed by atoms with Crippen LogP contribution in [0.3, 0.4) is 0 Å². The molecule has 1 fully saturated rings. The Labute approximate surface area is 114 Å². The molecule has 1 aromatic carbocycles. The van der Waals surface area contributed by atoms with Gasteiger partial charge in [0.15, 0.2) is 0 Å². The first kappa shape index (κ1) is 13.6. The molecule has 1 aliphatic carbocycles. The second-order valence-corrected chi connectivity index (χ2v) is 5.43. The summed E-state index contributed by atoms with van der Waals surface area (Å²) in [6.45, 7) is 4.35. The molecular weight excluding hydrogens is 236 g/mol. The van der Waals surface area contributed by atoms with E-state index < -0.39 is 5.41 Å². The molecule has 1 aliphatic rings. The first-order valence-electron chi connectivity index (χ1n) is 6.94. The lowest BCUT2D eigenvalue weighted by Crippen LogP contribution is -2.40. The normalized spacial score (nSPS) is 17.9. The van der Waals surface area contributed by atoms with E-state index in [2.05, 4.69) is 25.2 Å². The predicted octanol–water partition coefficient (Wildman–Crippen LogP) is 3.83. The average Bonchev–Trinajstić information content (AvgIpc) is 2.38. The van der Waals surface area contributed by atoms with Gasteiger partial charge in [0.1, 0.15) is 5.41 Å². The Morgan fingerprint density at radius 1 is 1.42 bits per heavy atom. The highest BCUT2D eigenvalue weighted by molar-refractivity contribution is 5.97. The maximum atomic E-state index is 12.1. The van der Waals surface area contributed by atoms with Crippen LogP contribution in [0.5, 0.6) is 0 Å². The molecule has 2 rings (SSSR count). The molecule has 1 aromatic rings. The van der Waals surface area contributed by atoms with Gasteiger partial charge in [-0.15, -0.1) is 0 Å². The minimum atomic E-state index is -0.782. The number of nitriles is 1. The van der Waals surface area contributed by atoms with Gasteiger partial charge in [0, 0.05) is 5.69 Å². The van der Waals surface area contributed by atoms with Crippen molar-refractivity contribution in [3.63, 3.8) is 0 Å². The van der Waals surface area contributed by atoms with Crippen LogP contribution in [0.25, 0.3) is 0 Å². The summed E-state index contributed by atoms with van der Waals surface area (Å²) in [6.07, 6.45) is 3.43. The Bertz CT molecular complexity index is 494. The molecule has 1 amide bonds. The number of nitrogens with one attached hydrogen (secondary N) is 1. The number of carbonyl (C=O) groups is 1. The van der Waals surface area contributed by atoms with Gasteiger partial charge < -0.3 is 5.32 Å². The van der Waals surface area contributed by atoms with Crippen LogP contribution in [0, 0.1) is 16.7 Å². The molecule has 0 bridgehead atoms. The van der Waals surface area contributed by atoms with E-state index in [1.807, 2.05) is 24.3 Å². The van der Waals surface area contributed by atoms with Crippen LogP contribution in [0.4, 0.5) is 5.69 Å². The molecule has 0 radical (unpaired) electrons. The lowest BCUT2D eigenvalue weighted by atomic mass is 9.69. The Morgan fingerprint density at radius 2 is 2.05 bits per heavy atom. The van der Waals surface area contributed by atoms with Gasteiger partial charge in [-0.3, -0.25) is 4.79 Å². The van der Waals surface area contributed by atoms with Crippen LogP contribution >= 0.6 is 0 Å². The van der Waals surface area contributed by atoms with E-state index in [9.17, 15) is 4.79 Å². The van der Waals surface area contributed by atoms with Crippen molar-refractivity contribution < 1.29 is 4.79 Å². The zero-order valence-electron chi connectivity index (χ0n) is 11.6. The summed E-state index contributed by atoms with van der Waals surface area (Å²) in [6, 6.07) is 10.1. The van der Waals surface area contributed by atoms with Crippen LogP contribution in [0.15, 0.2) is 24.3 Å². The lowest BCUT2D eigenvalue weighted by molar-refractivity contribution is -0.126. The molecule has 0 heterocycles. The van der Waals surface area contributed by atoms with Crippen molar-refractivity contribution >= 4 is 11.6 Å². The smallest absolute Gasteiger partial charge is 0.244 e. The van der Waals surface area contributed by atoms with E-state index in [0.717, 1.165) is 18.5 Å². The molecule has 0 aliphatic heterocycles. The molecule has 1 unspecified atom stereocenters. The highest BCUT2D eigenvalue weighted by atomic mass is 16.2. The fourth-order valence-electron chi connectivity index (χ4n) is 2.30. The Kier molecular flexibility index (Phi) is 3.90. The van der Waals surface area contributed by atoms with Crippen LogP contribution in [-0.2, 0) is 4.79 Å². The summed E-state index contributed by atoms with van der Waals surface area (Å²) >= 11 is 0. The quantitative estimate of drug-likeness (QED) is 0.890. The van der Waals surface area contributed by atoms with Crippen molar-refractivity contribution in [3.8, 4) is 6.07 Å². The largest absolute Gasteiger partial charge is 0.325 e. The minimum absolute atomic E-state index is 0.155. The van der Waals surface area contributed by atoms with Gasteiger partial charge in [0.25, 0.3) is 0 Å². The Balaban J connectivity index is 2.04. The molecule has 100 valence electrons. The second kappa shape index (κ2) is 5.44. The van der Waals surface area contributed by atoms with E-state index in [-0.39, 0.29) is 5.91 Å². The van der Waals surface area contributed by atoms with Gasteiger partial charge in [0.2, 0.25) is 5.91 Å². The first-order chi connectivity index (χ1) is 9.11. The Hall–Kier alpha value is -1.82. The number of nitrogens with zero attached hydrogens (tertiary/aromatic N) is 1. The highest BCUT2D eigenvalue weighted by Crippen LogP contribution is 2.41. The number of hydrogen-bond acceptors (Lipinski definition) is 2. The lowest BCUT2D eigenvalue weighted by Gasteiger charge is -2.33. The molecular formula is C16H20N2O. The van der Waals surface area contributed by atoms with Gasteiger partial charge in [-0.25, -0.2) is 0 Å².